The van der Waals surface area contributed by atoms with Crippen LogP contribution in [0.2, 0.25) is 0 Å². The summed E-state index contributed by atoms with van der Waals surface area (Å²) in [5.74, 6) is 0.919. The average molecular weight is 418 g/mol. The van der Waals surface area contributed by atoms with Crippen molar-refractivity contribution in [3.8, 4) is 5.75 Å². The molecule has 2 rings (SSSR count). The Bertz CT molecular complexity index is 703. The monoisotopic (exact) mass is 417 g/mol. The number of ether oxygens (including phenoxy) is 1. The van der Waals surface area contributed by atoms with E-state index in [0.717, 1.165) is 10.0 Å². The molecule has 1 aliphatic heterocycles. The first kappa shape index (κ1) is 19.2. The largest absolute Gasteiger partial charge is 0.483 e. The van der Waals surface area contributed by atoms with Gasteiger partial charge in [0.05, 0.1) is 16.0 Å². The Hall–Kier alpha value is -1.08. The van der Waals surface area contributed by atoms with Gasteiger partial charge in [0.2, 0.25) is 0 Å². The van der Waals surface area contributed by atoms with Crippen LogP contribution in [0, 0.1) is 12.8 Å². The Morgan fingerprint density at radius 2 is 2.12 bits per heavy atom. The number of nitrogens with zero attached hydrogens (tertiary/aromatic N) is 1. The zero-order valence-electron chi connectivity index (χ0n) is 14.3. The molecule has 1 atom stereocenters. The van der Waals surface area contributed by atoms with E-state index < -0.39 is 9.84 Å². The number of hydrogen-bond acceptors (Lipinski definition) is 4. The van der Waals surface area contributed by atoms with Crippen molar-refractivity contribution in [3.63, 3.8) is 0 Å². The van der Waals surface area contributed by atoms with Gasteiger partial charge in [-0.05, 0) is 52.9 Å². The van der Waals surface area contributed by atoms with Crippen LogP contribution in [-0.2, 0) is 14.6 Å². The molecule has 1 aromatic rings. The molecule has 0 aliphatic carbocycles. The summed E-state index contributed by atoms with van der Waals surface area (Å²) >= 11 is 3.43. The van der Waals surface area contributed by atoms with E-state index in [1.807, 2.05) is 39.0 Å². The fraction of sp³-hybridized carbons (Fsp3) is 0.588. The highest BCUT2D eigenvalue weighted by Crippen LogP contribution is 2.26. The molecule has 5 nitrogen and oxygen atoms in total. The second-order valence-electron chi connectivity index (χ2n) is 6.72. The number of hydrogen-bond donors (Lipinski definition) is 0. The highest BCUT2D eigenvalue weighted by molar-refractivity contribution is 9.10. The Morgan fingerprint density at radius 1 is 1.42 bits per heavy atom. The first-order chi connectivity index (χ1) is 11.2. The molecule has 1 aliphatic rings. The molecule has 7 heteroatoms. The quantitative estimate of drug-likeness (QED) is 0.713. The second-order valence-corrected chi connectivity index (χ2v) is 9.80. The number of carbonyl (C=O) groups is 1. The molecule has 1 saturated heterocycles. The highest BCUT2D eigenvalue weighted by atomic mass is 79.9. The summed E-state index contributed by atoms with van der Waals surface area (Å²) in [6.45, 7) is 6.45. The van der Waals surface area contributed by atoms with Crippen molar-refractivity contribution in [3.05, 3.63) is 28.2 Å². The van der Waals surface area contributed by atoms with Crippen molar-refractivity contribution in [1.82, 2.24) is 4.90 Å². The molecule has 134 valence electrons. The number of sulfone groups is 1. The van der Waals surface area contributed by atoms with E-state index in [1.165, 1.54) is 0 Å². The van der Waals surface area contributed by atoms with E-state index in [9.17, 15) is 13.2 Å². The van der Waals surface area contributed by atoms with E-state index in [-0.39, 0.29) is 36.0 Å². The van der Waals surface area contributed by atoms with E-state index in [0.29, 0.717) is 18.7 Å². The SMILES string of the molecule is Cc1ccc(OCC(=O)N(CC(C)C)C2CCS(=O)(=O)C2)c(Br)c1. The van der Waals surface area contributed by atoms with E-state index in [1.54, 1.807) is 4.90 Å². The fourth-order valence-corrected chi connectivity index (χ4v) is 5.15. The maximum absolute atomic E-state index is 12.6. The van der Waals surface area contributed by atoms with Gasteiger partial charge in [0.25, 0.3) is 5.91 Å². The molecule has 1 heterocycles. The minimum absolute atomic E-state index is 0.0552. The number of amides is 1. The van der Waals surface area contributed by atoms with Crippen LogP contribution in [0.4, 0.5) is 0 Å². The smallest absolute Gasteiger partial charge is 0.260 e. The van der Waals surface area contributed by atoms with Gasteiger partial charge in [-0.2, -0.15) is 0 Å². The molecule has 1 fully saturated rings. The average Bonchev–Trinajstić information content (AvgIpc) is 2.83. The third kappa shape index (κ3) is 5.21. The lowest BCUT2D eigenvalue weighted by atomic mass is 10.1. The summed E-state index contributed by atoms with van der Waals surface area (Å²) in [5.41, 5.74) is 1.10. The fourth-order valence-electron chi connectivity index (χ4n) is 2.81. The minimum atomic E-state index is -3.03. The highest BCUT2D eigenvalue weighted by Gasteiger charge is 2.34. The van der Waals surface area contributed by atoms with Crippen LogP contribution < -0.4 is 4.74 Å². The second kappa shape index (κ2) is 7.87. The topological polar surface area (TPSA) is 63.7 Å². The van der Waals surface area contributed by atoms with Crippen LogP contribution in [-0.4, -0.2) is 49.9 Å². The number of benzene rings is 1. The van der Waals surface area contributed by atoms with Crippen molar-refractivity contribution in [2.75, 3.05) is 24.7 Å². The van der Waals surface area contributed by atoms with E-state index in [4.69, 9.17) is 4.74 Å². The predicted molar refractivity (Wildman–Crippen MR) is 98.0 cm³/mol. The maximum Gasteiger partial charge on any atom is 0.260 e. The Kier molecular flexibility index (Phi) is 6.31. The lowest BCUT2D eigenvalue weighted by Gasteiger charge is -2.30. The van der Waals surface area contributed by atoms with Crippen molar-refractivity contribution in [2.24, 2.45) is 5.92 Å². The molecular weight excluding hydrogens is 394 g/mol. The Morgan fingerprint density at radius 3 is 2.67 bits per heavy atom. The van der Waals surface area contributed by atoms with Crippen LogP contribution in [0.15, 0.2) is 22.7 Å². The van der Waals surface area contributed by atoms with Crippen molar-refractivity contribution >= 4 is 31.7 Å². The van der Waals surface area contributed by atoms with Gasteiger partial charge in [-0.3, -0.25) is 4.79 Å². The van der Waals surface area contributed by atoms with Crippen LogP contribution in [0.5, 0.6) is 5.75 Å². The summed E-state index contributed by atoms with van der Waals surface area (Å²) < 4.78 is 29.9. The normalized spacial score (nSPS) is 19.5. The molecule has 1 aromatic carbocycles. The first-order valence-electron chi connectivity index (χ1n) is 8.07. The van der Waals surface area contributed by atoms with Crippen molar-refractivity contribution < 1.29 is 17.9 Å². The van der Waals surface area contributed by atoms with Crippen LogP contribution in [0.1, 0.15) is 25.8 Å². The third-order valence-corrected chi connectivity index (χ3v) is 6.34. The molecule has 0 aromatic heterocycles. The van der Waals surface area contributed by atoms with E-state index in [2.05, 4.69) is 15.9 Å². The van der Waals surface area contributed by atoms with Gasteiger partial charge in [0.15, 0.2) is 16.4 Å². The molecule has 1 amide bonds. The number of aryl methyl sites for hydroxylation is 1. The van der Waals surface area contributed by atoms with Gasteiger partial charge in [-0.25, -0.2) is 8.42 Å². The lowest BCUT2D eigenvalue weighted by molar-refractivity contribution is -0.135. The number of rotatable bonds is 6. The van der Waals surface area contributed by atoms with Crippen LogP contribution in [0.25, 0.3) is 0 Å². The molecule has 0 radical (unpaired) electrons. The zero-order chi connectivity index (χ0) is 17.9. The van der Waals surface area contributed by atoms with Crippen molar-refractivity contribution in [2.45, 2.75) is 33.2 Å². The molecule has 24 heavy (non-hydrogen) atoms. The summed E-state index contributed by atoms with van der Waals surface area (Å²) in [5, 5.41) is 0. The van der Waals surface area contributed by atoms with Crippen LogP contribution in [0.3, 0.4) is 0 Å². The Balaban J connectivity index is 2.05. The summed E-state index contributed by atoms with van der Waals surface area (Å²) in [7, 11) is -3.03. The van der Waals surface area contributed by atoms with Gasteiger partial charge in [0, 0.05) is 12.6 Å². The third-order valence-electron chi connectivity index (χ3n) is 3.97. The molecular formula is C17H24BrNO4S. The molecule has 0 spiro atoms. The van der Waals surface area contributed by atoms with E-state index >= 15 is 0 Å². The standard InChI is InChI=1S/C17H24BrNO4S/c1-12(2)9-19(14-6-7-24(21,22)11-14)17(20)10-23-16-5-4-13(3)8-15(16)18/h4-5,8,12,14H,6-7,9-11H2,1-3H3. The molecule has 0 bridgehead atoms. The molecule has 0 N–H and O–H groups in total. The zero-order valence-corrected chi connectivity index (χ0v) is 16.7. The van der Waals surface area contributed by atoms with Gasteiger partial charge < -0.3 is 9.64 Å². The van der Waals surface area contributed by atoms with Crippen LogP contribution >= 0.6 is 15.9 Å². The molecule has 0 saturated carbocycles. The molecule has 1 unspecified atom stereocenters. The first-order valence-corrected chi connectivity index (χ1v) is 10.7. The number of carbonyl (C=O) groups excluding carboxylic acids is 1. The van der Waals surface area contributed by atoms with Gasteiger partial charge in [-0.1, -0.05) is 19.9 Å². The summed E-state index contributed by atoms with van der Waals surface area (Å²) in [6.07, 6.45) is 0.509. The van der Waals surface area contributed by atoms with Gasteiger partial charge >= 0.3 is 0 Å². The van der Waals surface area contributed by atoms with Gasteiger partial charge in [0.1, 0.15) is 5.75 Å². The summed E-state index contributed by atoms with van der Waals surface area (Å²) in [4.78, 5) is 14.3. The maximum atomic E-state index is 12.6. The lowest BCUT2D eigenvalue weighted by Crippen LogP contribution is -2.45. The van der Waals surface area contributed by atoms with Crippen molar-refractivity contribution in [1.29, 1.82) is 0 Å². The number of halogens is 1. The Labute approximate surface area is 152 Å². The summed E-state index contributed by atoms with van der Waals surface area (Å²) in [6, 6.07) is 5.42. The predicted octanol–water partition coefficient (Wildman–Crippen LogP) is 2.81. The minimum Gasteiger partial charge on any atom is -0.483 e. The van der Waals surface area contributed by atoms with Gasteiger partial charge in [-0.15, -0.1) is 0 Å².